The lowest BCUT2D eigenvalue weighted by atomic mass is 10.1. The van der Waals surface area contributed by atoms with Crippen LogP contribution in [0.5, 0.6) is 0 Å². The SMILES string of the molecule is CC(CCOCO)COO.CC(CCOO)COCO. The van der Waals surface area contributed by atoms with Crippen LogP contribution in [-0.4, -0.2) is 60.7 Å². The Hall–Kier alpha value is -0.320. The summed E-state index contributed by atoms with van der Waals surface area (Å²) in [6.07, 6.45) is 1.51. The lowest BCUT2D eigenvalue weighted by Gasteiger charge is -2.08. The van der Waals surface area contributed by atoms with Gasteiger partial charge in [-0.15, -0.1) is 0 Å². The van der Waals surface area contributed by atoms with Gasteiger partial charge in [0.1, 0.15) is 13.6 Å². The van der Waals surface area contributed by atoms with Crippen molar-refractivity contribution in [2.45, 2.75) is 26.7 Å². The molecule has 0 aliphatic carbocycles. The standard InChI is InChI=1S/2C6H14O4/c1-6(2-3-10-8)4-9-5-7;1-6(4-10-8)2-3-9-5-7/h2*6-8H,2-5H2,1H3. The van der Waals surface area contributed by atoms with Crippen molar-refractivity contribution >= 4 is 0 Å². The van der Waals surface area contributed by atoms with Crippen molar-refractivity contribution < 1.29 is 40.0 Å². The molecule has 8 nitrogen and oxygen atoms in total. The molecule has 0 bridgehead atoms. The van der Waals surface area contributed by atoms with Crippen molar-refractivity contribution in [3.8, 4) is 0 Å². The molecule has 124 valence electrons. The van der Waals surface area contributed by atoms with Gasteiger partial charge in [-0.3, -0.25) is 10.5 Å². The van der Waals surface area contributed by atoms with Crippen molar-refractivity contribution in [3.63, 3.8) is 0 Å². The molecule has 0 amide bonds. The molecule has 2 atom stereocenters. The molecular weight excluding hydrogens is 272 g/mol. The molecule has 0 fully saturated rings. The zero-order chi connectivity index (χ0) is 15.6. The summed E-state index contributed by atoms with van der Waals surface area (Å²) in [6.45, 7) is 5.02. The van der Waals surface area contributed by atoms with E-state index in [4.69, 9.17) is 25.5 Å². The van der Waals surface area contributed by atoms with Crippen LogP contribution < -0.4 is 0 Å². The normalized spacial score (nSPS) is 13.5. The summed E-state index contributed by atoms with van der Waals surface area (Å²) in [5.41, 5.74) is 0. The fraction of sp³-hybridized carbons (Fsp3) is 1.00. The zero-order valence-electron chi connectivity index (χ0n) is 12.2. The highest BCUT2D eigenvalue weighted by atomic mass is 17.1. The summed E-state index contributed by atoms with van der Waals surface area (Å²) in [5.74, 6) is 0.566. The van der Waals surface area contributed by atoms with Crippen LogP contribution in [0.15, 0.2) is 0 Å². The van der Waals surface area contributed by atoms with E-state index in [0.717, 1.165) is 12.8 Å². The lowest BCUT2D eigenvalue weighted by Crippen LogP contribution is -2.08. The fourth-order valence-corrected chi connectivity index (χ4v) is 1.15. The first-order valence-electron chi connectivity index (χ1n) is 6.52. The number of hydrogen-bond acceptors (Lipinski definition) is 8. The maximum Gasteiger partial charge on any atom is 0.143 e. The Kier molecular flexibility index (Phi) is 20.5. The molecule has 0 aliphatic rings. The monoisotopic (exact) mass is 300 g/mol. The van der Waals surface area contributed by atoms with Gasteiger partial charge in [0.15, 0.2) is 0 Å². The van der Waals surface area contributed by atoms with E-state index in [9.17, 15) is 0 Å². The molecule has 20 heavy (non-hydrogen) atoms. The summed E-state index contributed by atoms with van der Waals surface area (Å²) < 4.78 is 9.38. The van der Waals surface area contributed by atoms with Gasteiger partial charge in [0.2, 0.25) is 0 Å². The van der Waals surface area contributed by atoms with Gasteiger partial charge in [-0.1, -0.05) is 13.8 Å². The topological polar surface area (TPSA) is 118 Å². The summed E-state index contributed by atoms with van der Waals surface area (Å²) in [4.78, 5) is 7.79. The van der Waals surface area contributed by atoms with Crippen LogP contribution in [0.1, 0.15) is 26.7 Å². The molecule has 2 unspecified atom stereocenters. The van der Waals surface area contributed by atoms with Crippen LogP contribution in [0.4, 0.5) is 0 Å². The van der Waals surface area contributed by atoms with Gasteiger partial charge in [0.25, 0.3) is 0 Å². The average Bonchev–Trinajstić information content (AvgIpc) is 2.44. The first-order valence-corrected chi connectivity index (χ1v) is 6.52. The Morgan fingerprint density at radius 1 is 0.750 bits per heavy atom. The second-order valence-electron chi connectivity index (χ2n) is 4.45. The van der Waals surface area contributed by atoms with E-state index in [1.165, 1.54) is 0 Å². The molecule has 8 heteroatoms. The summed E-state index contributed by atoms with van der Waals surface area (Å²) in [6, 6.07) is 0. The minimum absolute atomic E-state index is 0.243. The average molecular weight is 300 g/mol. The molecule has 0 aliphatic heterocycles. The van der Waals surface area contributed by atoms with Crippen molar-refractivity contribution in [2.75, 3.05) is 40.0 Å². The van der Waals surface area contributed by atoms with Crippen molar-refractivity contribution in [1.82, 2.24) is 0 Å². The van der Waals surface area contributed by atoms with Gasteiger partial charge < -0.3 is 19.7 Å². The van der Waals surface area contributed by atoms with E-state index in [1.54, 1.807) is 0 Å². The number of rotatable bonds is 12. The van der Waals surface area contributed by atoms with Gasteiger partial charge >= 0.3 is 0 Å². The van der Waals surface area contributed by atoms with E-state index < -0.39 is 0 Å². The van der Waals surface area contributed by atoms with E-state index in [0.29, 0.717) is 32.3 Å². The Morgan fingerprint density at radius 3 is 1.80 bits per heavy atom. The first kappa shape index (κ1) is 22.0. The fourth-order valence-electron chi connectivity index (χ4n) is 1.15. The predicted molar refractivity (Wildman–Crippen MR) is 70.8 cm³/mol. The molecule has 0 radical (unpaired) electrons. The van der Waals surface area contributed by atoms with Crippen LogP contribution >= 0.6 is 0 Å². The molecule has 0 aromatic rings. The highest BCUT2D eigenvalue weighted by molar-refractivity contribution is 4.48. The van der Waals surface area contributed by atoms with Crippen LogP contribution in [0, 0.1) is 11.8 Å². The number of ether oxygens (including phenoxy) is 2. The summed E-state index contributed by atoms with van der Waals surface area (Å²) in [5, 5.41) is 32.4. The summed E-state index contributed by atoms with van der Waals surface area (Å²) >= 11 is 0. The number of aliphatic hydroxyl groups is 2. The summed E-state index contributed by atoms with van der Waals surface area (Å²) in [7, 11) is 0. The van der Waals surface area contributed by atoms with Crippen molar-refractivity contribution in [1.29, 1.82) is 0 Å². The van der Waals surface area contributed by atoms with Crippen LogP contribution in [0.2, 0.25) is 0 Å². The quantitative estimate of drug-likeness (QED) is 0.182. The second kappa shape index (κ2) is 18.7. The van der Waals surface area contributed by atoms with Crippen LogP contribution in [0.25, 0.3) is 0 Å². The number of hydrogen-bond donors (Lipinski definition) is 4. The molecule has 0 heterocycles. The largest absolute Gasteiger partial charge is 0.371 e. The highest BCUT2D eigenvalue weighted by Gasteiger charge is 2.01. The minimum atomic E-state index is -0.246. The van der Waals surface area contributed by atoms with Gasteiger partial charge in [-0.2, -0.15) is 0 Å². The van der Waals surface area contributed by atoms with Gasteiger partial charge in [-0.05, 0) is 24.7 Å². The molecule has 0 aromatic heterocycles. The van der Waals surface area contributed by atoms with Gasteiger partial charge in [0.05, 0.1) is 19.8 Å². The predicted octanol–water partition coefficient (Wildman–Crippen LogP) is 0.937. The minimum Gasteiger partial charge on any atom is -0.371 e. The molecule has 0 rings (SSSR count). The third-order valence-corrected chi connectivity index (χ3v) is 2.40. The van der Waals surface area contributed by atoms with Crippen LogP contribution in [-0.2, 0) is 19.2 Å². The Labute approximate surface area is 119 Å². The Morgan fingerprint density at radius 2 is 1.30 bits per heavy atom. The molecule has 0 saturated heterocycles. The van der Waals surface area contributed by atoms with Crippen LogP contribution in [0.3, 0.4) is 0 Å². The smallest absolute Gasteiger partial charge is 0.143 e. The maximum atomic E-state index is 8.24. The Bertz CT molecular complexity index is 162. The molecule has 0 saturated carbocycles. The van der Waals surface area contributed by atoms with E-state index >= 15 is 0 Å². The molecule has 4 N–H and O–H groups in total. The highest BCUT2D eigenvalue weighted by Crippen LogP contribution is 2.01. The van der Waals surface area contributed by atoms with Gasteiger partial charge in [-0.25, -0.2) is 9.78 Å². The van der Waals surface area contributed by atoms with Crippen molar-refractivity contribution in [2.24, 2.45) is 11.8 Å². The maximum absolute atomic E-state index is 8.24. The zero-order valence-corrected chi connectivity index (χ0v) is 12.2. The second-order valence-corrected chi connectivity index (χ2v) is 4.45. The third-order valence-electron chi connectivity index (χ3n) is 2.40. The lowest BCUT2D eigenvalue weighted by molar-refractivity contribution is -0.250. The van der Waals surface area contributed by atoms with E-state index in [1.807, 2.05) is 13.8 Å². The molecular formula is C12H28O8. The number of aliphatic hydroxyl groups excluding tert-OH is 2. The molecule has 0 aromatic carbocycles. The first-order chi connectivity index (χ1) is 9.62. The van der Waals surface area contributed by atoms with E-state index in [-0.39, 0.29) is 19.5 Å². The third kappa shape index (κ3) is 20.0. The van der Waals surface area contributed by atoms with Gasteiger partial charge in [0, 0.05) is 6.61 Å². The van der Waals surface area contributed by atoms with E-state index in [2.05, 4.69) is 14.5 Å². The Balaban J connectivity index is 0. The molecule has 0 spiro atoms. The van der Waals surface area contributed by atoms with Crippen molar-refractivity contribution in [3.05, 3.63) is 0 Å².